The van der Waals surface area contributed by atoms with E-state index in [4.69, 9.17) is 5.73 Å². The maximum absolute atomic E-state index is 11.8. The van der Waals surface area contributed by atoms with Crippen molar-refractivity contribution in [3.63, 3.8) is 0 Å². The first-order valence-electron chi connectivity index (χ1n) is 7.79. The predicted octanol–water partition coefficient (Wildman–Crippen LogP) is 0.307. The molecule has 0 radical (unpaired) electrons. The van der Waals surface area contributed by atoms with Crippen molar-refractivity contribution in [2.45, 2.75) is 49.9 Å². The molecule has 20 heavy (non-hydrogen) atoms. The molecule has 6 heteroatoms. The van der Waals surface area contributed by atoms with E-state index >= 15 is 0 Å². The minimum atomic E-state index is -2.88. The molecule has 2 fully saturated rings. The highest BCUT2D eigenvalue weighted by Gasteiger charge is 2.33. The zero-order valence-corrected chi connectivity index (χ0v) is 13.6. The highest BCUT2D eigenvalue weighted by Crippen LogP contribution is 2.28. The van der Waals surface area contributed by atoms with Crippen LogP contribution in [0.3, 0.4) is 0 Å². The van der Waals surface area contributed by atoms with Gasteiger partial charge in [0.15, 0.2) is 0 Å². The van der Waals surface area contributed by atoms with E-state index in [1.165, 1.54) is 6.26 Å². The van der Waals surface area contributed by atoms with Crippen molar-refractivity contribution in [3.05, 3.63) is 0 Å². The molecule has 2 N–H and O–H groups in total. The fraction of sp³-hybridized carbons (Fsp3) is 1.00. The molecule has 0 bridgehead atoms. The van der Waals surface area contributed by atoms with Crippen LogP contribution in [-0.2, 0) is 9.84 Å². The van der Waals surface area contributed by atoms with Gasteiger partial charge in [0.25, 0.3) is 0 Å². The van der Waals surface area contributed by atoms with Crippen molar-refractivity contribution in [3.8, 4) is 0 Å². The number of piperazine rings is 1. The number of hydrogen-bond acceptors (Lipinski definition) is 5. The molecule has 0 amide bonds. The van der Waals surface area contributed by atoms with Gasteiger partial charge < -0.3 is 5.73 Å². The SMILES string of the molecule is CC(CN)N1CCN(C2CCCC(S(C)(=O)=O)C2)CC1. The van der Waals surface area contributed by atoms with Gasteiger partial charge in [-0.3, -0.25) is 9.80 Å². The van der Waals surface area contributed by atoms with Crippen LogP contribution in [0.15, 0.2) is 0 Å². The Kier molecular flexibility index (Phi) is 5.45. The van der Waals surface area contributed by atoms with Crippen LogP contribution in [0.1, 0.15) is 32.6 Å². The third-order valence-electron chi connectivity index (χ3n) is 5.03. The van der Waals surface area contributed by atoms with Crippen molar-refractivity contribution in [2.24, 2.45) is 5.73 Å². The minimum Gasteiger partial charge on any atom is -0.329 e. The topological polar surface area (TPSA) is 66.6 Å². The largest absolute Gasteiger partial charge is 0.329 e. The van der Waals surface area contributed by atoms with Gasteiger partial charge in [-0.2, -0.15) is 0 Å². The summed E-state index contributed by atoms with van der Waals surface area (Å²) in [4.78, 5) is 4.93. The van der Waals surface area contributed by atoms with Crippen LogP contribution < -0.4 is 5.73 Å². The molecule has 3 atom stereocenters. The van der Waals surface area contributed by atoms with Crippen LogP contribution in [0, 0.1) is 0 Å². The van der Waals surface area contributed by atoms with Crippen LogP contribution in [0.5, 0.6) is 0 Å². The average molecular weight is 303 g/mol. The fourth-order valence-electron chi connectivity index (χ4n) is 3.53. The summed E-state index contributed by atoms with van der Waals surface area (Å²) in [5.74, 6) is 0. The standard InChI is InChI=1S/C14H29N3O2S/c1-12(11-15)16-6-8-17(9-7-16)13-4-3-5-14(10-13)20(2,18)19/h12-14H,3-11,15H2,1-2H3. The Morgan fingerprint density at radius 3 is 2.40 bits per heavy atom. The van der Waals surface area contributed by atoms with Crippen LogP contribution in [0.2, 0.25) is 0 Å². The van der Waals surface area contributed by atoms with Crippen molar-refractivity contribution in [1.82, 2.24) is 9.80 Å². The molecule has 0 spiro atoms. The lowest BCUT2D eigenvalue weighted by Crippen LogP contribution is -2.55. The van der Waals surface area contributed by atoms with Gasteiger partial charge in [0.05, 0.1) is 5.25 Å². The summed E-state index contributed by atoms with van der Waals surface area (Å²) < 4.78 is 23.5. The van der Waals surface area contributed by atoms with E-state index in [2.05, 4.69) is 16.7 Å². The minimum absolute atomic E-state index is 0.123. The molecule has 1 saturated heterocycles. The molecule has 0 aromatic rings. The average Bonchev–Trinajstić information content (AvgIpc) is 2.46. The van der Waals surface area contributed by atoms with Gasteiger partial charge in [0.1, 0.15) is 9.84 Å². The van der Waals surface area contributed by atoms with E-state index in [9.17, 15) is 8.42 Å². The maximum atomic E-state index is 11.8. The van der Waals surface area contributed by atoms with Gasteiger partial charge in [-0.05, 0) is 26.2 Å². The molecule has 118 valence electrons. The molecule has 2 aliphatic rings. The molecule has 3 unspecified atom stereocenters. The summed E-state index contributed by atoms with van der Waals surface area (Å²) >= 11 is 0. The number of nitrogens with two attached hydrogens (primary N) is 1. The summed E-state index contributed by atoms with van der Waals surface area (Å²) in [7, 11) is -2.88. The van der Waals surface area contributed by atoms with Crippen LogP contribution in [-0.4, -0.2) is 74.5 Å². The normalized spacial score (nSPS) is 32.1. The Labute approximate surface area is 123 Å². The second-order valence-electron chi connectivity index (χ2n) is 6.43. The Morgan fingerprint density at radius 1 is 1.20 bits per heavy atom. The summed E-state index contributed by atoms with van der Waals surface area (Å²) in [6.45, 7) is 7.09. The van der Waals surface area contributed by atoms with E-state index < -0.39 is 9.84 Å². The number of nitrogens with zero attached hydrogens (tertiary/aromatic N) is 2. The monoisotopic (exact) mass is 303 g/mol. The first kappa shape index (κ1) is 16.2. The molecular formula is C14H29N3O2S. The zero-order valence-electron chi connectivity index (χ0n) is 12.8. The smallest absolute Gasteiger partial charge is 0.150 e. The fourth-order valence-corrected chi connectivity index (χ4v) is 4.70. The summed E-state index contributed by atoms with van der Waals surface area (Å²) in [6, 6.07) is 0.908. The number of sulfone groups is 1. The Bertz CT molecular complexity index is 405. The first-order valence-corrected chi connectivity index (χ1v) is 9.74. The molecule has 1 aliphatic heterocycles. The van der Waals surface area contributed by atoms with Crippen LogP contribution in [0.4, 0.5) is 0 Å². The highest BCUT2D eigenvalue weighted by molar-refractivity contribution is 7.91. The lowest BCUT2D eigenvalue weighted by Gasteiger charge is -2.43. The molecule has 2 rings (SSSR count). The van der Waals surface area contributed by atoms with Crippen molar-refractivity contribution in [1.29, 1.82) is 0 Å². The molecular weight excluding hydrogens is 274 g/mol. The lowest BCUT2D eigenvalue weighted by molar-refractivity contribution is 0.0628. The first-order chi connectivity index (χ1) is 9.41. The van der Waals surface area contributed by atoms with Gasteiger partial charge >= 0.3 is 0 Å². The molecule has 5 nitrogen and oxygen atoms in total. The second-order valence-corrected chi connectivity index (χ2v) is 8.75. The van der Waals surface area contributed by atoms with Gasteiger partial charge in [0, 0.05) is 51.1 Å². The van der Waals surface area contributed by atoms with E-state index in [0.29, 0.717) is 18.6 Å². The Balaban J connectivity index is 1.87. The Morgan fingerprint density at radius 2 is 1.85 bits per heavy atom. The lowest BCUT2D eigenvalue weighted by atomic mass is 9.93. The molecule has 1 heterocycles. The third-order valence-corrected chi connectivity index (χ3v) is 6.67. The van der Waals surface area contributed by atoms with Crippen LogP contribution in [0.25, 0.3) is 0 Å². The van der Waals surface area contributed by atoms with E-state index in [-0.39, 0.29) is 5.25 Å². The highest BCUT2D eigenvalue weighted by atomic mass is 32.2. The van der Waals surface area contributed by atoms with Crippen molar-refractivity contribution in [2.75, 3.05) is 39.0 Å². The van der Waals surface area contributed by atoms with E-state index in [1.54, 1.807) is 0 Å². The number of hydrogen-bond donors (Lipinski definition) is 1. The Hall–Kier alpha value is -0.170. The molecule has 0 aromatic heterocycles. The number of rotatable bonds is 4. The molecule has 1 saturated carbocycles. The molecule has 0 aromatic carbocycles. The quantitative estimate of drug-likeness (QED) is 0.809. The summed E-state index contributed by atoms with van der Waals surface area (Å²) in [6.07, 6.45) is 5.26. The van der Waals surface area contributed by atoms with Crippen molar-refractivity contribution >= 4 is 9.84 Å². The van der Waals surface area contributed by atoms with Gasteiger partial charge in [-0.15, -0.1) is 0 Å². The summed E-state index contributed by atoms with van der Waals surface area (Å²) in [5.41, 5.74) is 5.72. The summed E-state index contributed by atoms with van der Waals surface area (Å²) in [5, 5.41) is -0.123. The predicted molar refractivity (Wildman–Crippen MR) is 82.6 cm³/mol. The molecule has 1 aliphatic carbocycles. The third kappa shape index (κ3) is 3.93. The van der Waals surface area contributed by atoms with E-state index in [0.717, 1.165) is 51.9 Å². The van der Waals surface area contributed by atoms with Gasteiger partial charge in [-0.1, -0.05) is 6.42 Å². The van der Waals surface area contributed by atoms with Crippen LogP contribution >= 0.6 is 0 Å². The second kappa shape index (κ2) is 6.73. The van der Waals surface area contributed by atoms with E-state index in [1.807, 2.05) is 0 Å². The van der Waals surface area contributed by atoms with Crippen molar-refractivity contribution < 1.29 is 8.42 Å². The van der Waals surface area contributed by atoms with Gasteiger partial charge in [-0.25, -0.2) is 8.42 Å². The van der Waals surface area contributed by atoms with Gasteiger partial charge in [0.2, 0.25) is 0 Å². The zero-order chi connectivity index (χ0) is 14.8. The maximum Gasteiger partial charge on any atom is 0.150 e.